The molecular weight excluding hydrogens is 292 g/mol. The number of hydrogen-bond donors (Lipinski definition) is 3. The van der Waals surface area contributed by atoms with Gasteiger partial charge in [0, 0.05) is 12.0 Å². The maximum Gasteiger partial charge on any atom is 0.326 e. The van der Waals surface area contributed by atoms with Gasteiger partial charge in [0.25, 0.3) is 5.91 Å². The van der Waals surface area contributed by atoms with E-state index in [1.165, 1.54) is 19.2 Å². The highest BCUT2D eigenvalue weighted by Crippen LogP contribution is 2.28. The molecule has 1 fully saturated rings. The van der Waals surface area contributed by atoms with E-state index in [2.05, 4.69) is 0 Å². The minimum absolute atomic E-state index is 0.238. The number of amides is 1. The Hall–Kier alpha value is -2.61. The molecule has 1 heterocycles. The van der Waals surface area contributed by atoms with Crippen molar-refractivity contribution in [3.8, 4) is 5.75 Å². The Morgan fingerprint density at radius 1 is 1.27 bits per heavy atom. The summed E-state index contributed by atoms with van der Waals surface area (Å²) < 4.78 is 4.98. The number of nitrogens with two attached hydrogens (primary N) is 1. The number of aliphatic carboxylic acids is 2. The first-order valence-electron chi connectivity index (χ1n) is 6.48. The normalized spacial score (nSPS) is 24.1. The van der Waals surface area contributed by atoms with Crippen LogP contribution >= 0.6 is 0 Å². The van der Waals surface area contributed by atoms with E-state index < -0.39 is 29.4 Å². The molecule has 1 aliphatic heterocycles. The van der Waals surface area contributed by atoms with Crippen LogP contribution in [0.1, 0.15) is 16.8 Å². The zero-order valence-electron chi connectivity index (χ0n) is 11.9. The number of carbonyl (C=O) groups excluding carboxylic acids is 1. The molecule has 8 heteroatoms. The second kappa shape index (κ2) is 5.64. The molecule has 0 aliphatic carbocycles. The monoisotopic (exact) mass is 308 g/mol. The van der Waals surface area contributed by atoms with Crippen LogP contribution in [0, 0.1) is 0 Å². The summed E-state index contributed by atoms with van der Waals surface area (Å²) in [6.07, 6.45) is -0.334. The minimum Gasteiger partial charge on any atom is -0.497 e. The van der Waals surface area contributed by atoms with Crippen LogP contribution in [0.15, 0.2) is 24.3 Å². The summed E-state index contributed by atoms with van der Waals surface area (Å²) >= 11 is 0. The maximum absolute atomic E-state index is 12.4. The number of methoxy groups -OCH3 is 1. The van der Waals surface area contributed by atoms with E-state index in [0.29, 0.717) is 5.75 Å². The fourth-order valence-corrected chi connectivity index (χ4v) is 2.42. The molecule has 118 valence electrons. The molecule has 0 bridgehead atoms. The van der Waals surface area contributed by atoms with Gasteiger partial charge in [-0.05, 0) is 24.3 Å². The van der Waals surface area contributed by atoms with Gasteiger partial charge in [-0.3, -0.25) is 9.59 Å². The molecule has 0 aromatic heterocycles. The van der Waals surface area contributed by atoms with Crippen LogP contribution < -0.4 is 10.5 Å². The lowest BCUT2D eigenvalue weighted by Gasteiger charge is -2.22. The Labute approximate surface area is 126 Å². The van der Waals surface area contributed by atoms with Crippen LogP contribution in [0.5, 0.6) is 5.75 Å². The highest BCUT2D eigenvalue weighted by atomic mass is 16.5. The number of ether oxygens (including phenoxy) is 1. The minimum atomic E-state index is -1.76. The van der Waals surface area contributed by atoms with E-state index in [4.69, 9.17) is 15.6 Å². The van der Waals surface area contributed by atoms with Gasteiger partial charge in [0.2, 0.25) is 0 Å². The van der Waals surface area contributed by atoms with E-state index in [-0.39, 0.29) is 18.5 Å². The maximum atomic E-state index is 12.4. The number of likely N-dealkylation sites (tertiary alicyclic amines) is 1. The van der Waals surface area contributed by atoms with Crippen LogP contribution in [0.25, 0.3) is 0 Å². The Balaban J connectivity index is 2.29. The summed E-state index contributed by atoms with van der Waals surface area (Å²) in [6, 6.07) is 4.82. The first-order valence-corrected chi connectivity index (χ1v) is 6.48. The van der Waals surface area contributed by atoms with Gasteiger partial charge in [-0.2, -0.15) is 0 Å². The molecule has 1 aromatic rings. The quantitative estimate of drug-likeness (QED) is 0.700. The first kappa shape index (κ1) is 15.8. The van der Waals surface area contributed by atoms with Gasteiger partial charge in [0.15, 0.2) is 0 Å². The van der Waals surface area contributed by atoms with E-state index in [0.717, 1.165) is 4.90 Å². The molecule has 1 aromatic carbocycles. The van der Waals surface area contributed by atoms with Gasteiger partial charge < -0.3 is 25.6 Å². The summed E-state index contributed by atoms with van der Waals surface area (Å²) in [7, 11) is 1.48. The molecule has 4 N–H and O–H groups in total. The first-order chi connectivity index (χ1) is 10.3. The molecule has 2 rings (SSSR count). The molecule has 1 saturated heterocycles. The average molecular weight is 308 g/mol. The van der Waals surface area contributed by atoms with Crippen molar-refractivity contribution < 1.29 is 29.3 Å². The van der Waals surface area contributed by atoms with Crippen LogP contribution in [-0.4, -0.2) is 58.2 Å². The number of carbonyl (C=O) groups is 3. The van der Waals surface area contributed by atoms with Gasteiger partial charge in [0.1, 0.15) is 17.3 Å². The Morgan fingerprint density at radius 3 is 2.32 bits per heavy atom. The van der Waals surface area contributed by atoms with Crippen molar-refractivity contribution in [3.63, 3.8) is 0 Å². The van der Waals surface area contributed by atoms with Crippen molar-refractivity contribution in [3.05, 3.63) is 29.8 Å². The smallest absolute Gasteiger partial charge is 0.326 e. The molecule has 0 unspecified atom stereocenters. The van der Waals surface area contributed by atoms with Gasteiger partial charge >= 0.3 is 11.9 Å². The van der Waals surface area contributed by atoms with Gasteiger partial charge in [-0.1, -0.05) is 0 Å². The molecule has 22 heavy (non-hydrogen) atoms. The third-order valence-electron chi connectivity index (χ3n) is 3.70. The third kappa shape index (κ3) is 2.73. The van der Waals surface area contributed by atoms with Crippen molar-refractivity contribution in [2.24, 2.45) is 5.73 Å². The average Bonchev–Trinajstić information content (AvgIpc) is 2.86. The second-order valence-electron chi connectivity index (χ2n) is 5.18. The number of hydrogen-bond acceptors (Lipinski definition) is 5. The van der Waals surface area contributed by atoms with E-state index in [1.54, 1.807) is 12.1 Å². The molecule has 1 aliphatic rings. The SMILES string of the molecule is COc1ccc(C(=O)N2C[C@](N)(C(=O)O)C[C@H]2C(=O)O)cc1. The lowest BCUT2D eigenvalue weighted by molar-refractivity contribution is -0.142. The molecule has 0 spiro atoms. The zero-order chi connectivity index (χ0) is 16.5. The number of rotatable bonds is 4. The molecule has 8 nitrogen and oxygen atoms in total. The Bertz CT molecular complexity index is 614. The number of benzene rings is 1. The molecule has 1 amide bonds. The summed E-state index contributed by atoms with van der Waals surface area (Å²) in [6.45, 7) is -0.357. The molecule has 0 saturated carbocycles. The fraction of sp³-hybridized carbons (Fsp3) is 0.357. The van der Waals surface area contributed by atoms with Gasteiger partial charge in [-0.25, -0.2) is 4.79 Å². The summed E-state index contributed by atoms with van der Waals surface area (Å²) in [5.74, 6) is -2.64. The molecular formula is C14H16N2O6. The predicted molar refractivity (Wildman–Crippen MR) is 74.6 cm³/mol. The second-order valence-corrected chi connectivity index (χ2v) is 5.18. The van der Waals surface area contributed by atoms with Gasteiger partial charge in [0.05, 0.1) is 13.7 Å². The van der Waals surface area contributed by atoms with Crippen LogP contribution in [-0.2, 0) is 9.59 Å². The van der Waals surface area contributed by atoms with Gasteiger partial charge in [-0.15, -0.1) is 0 Å². The number of nitrogens with zero attached hydrogens (tertiary/aromatic N) is 1. The zero-order valence-corrected chi connectivity index (χ0v) is 11.9. The van der Waals surface area contributed by atoms with Crippen molar-refractivity contribution in [1.82, 2.24) is 4.90 Å². The van der Waals surface area contributed by atoms with Crippen molar-refractivity contribution >= 4 is 17.8 Å². The van der Waals surface area contributed by atoms with Crippen molar-refractivity contribution in [1.29, 1.82) is 0 Å². The lowest BCUT2D eigenvalue weighted by Crippen LogP contribution is -2.50. The topological polar surface area (TPSA) is 130 Å². The van der Waals surface area contributed by atoms with Crippen LogP contribution in [0.3, 0.4) is 0 Å². The Kier molecular flexibility index (Phi) is 4.05. The summed E-state index contributed by atoms with van der Waals surface area (Å²) in [5.41, 5.74) is 4.18. The Morgan fingerprint density at radius 2 is 1.86 bits per heavy atom. The van der Waals surface area contributed by atoms with E-state index in [9.17, 15) is 19.5 Å². The van der Waals surface area contributed by atoms with Crippen molar-refractivity contribution in [2.45, 2.75) is 18.0 Å². The van der Waals surface area contributed by atoms with E-state index >= 15 is 0 Å². The predicted octanol–water partition coefficient (Wildman–Crippen LogP) is -0.224. The number of carboxylic acids is 2. The summed E-state index contributed by atoms with van der Waals surface area (Å²) in [5, 5.41) is 18.4. The van der Waals surface area contributed by atoms with Crippen LogP contribution in [0.4, 0.5) is 0 Å². The lowest BCUT2D eigenvalue weighted by atomic mass is 9.98. The third-order valence-corrected chi connectivity index (χ3v) is 3.70. The highest BCUT2D eigenvalue weighted by molar-refractivity contribution is 5.98. The largest absolute Gasteiger partial charge is 0.497 e. The number of carboxylic acid groups (broad SMARTS) is 2. The standard InChI is InChI=1S/C14H16N2O6/c1-22-9-4-2-8(3-5-9)11(17)16-7-14(15,13(20)21)6-10(16)12(18)19/h2-5,10H,6-7,15H2,1H3,(H,18,19)(H,20,21)/t10-,14-/m0/s1. The van der Waals surface area contributed by atoms with E-state index in [1.807, 2.05) is 0 Å². The fourth-order valence-electron chi connectivity index (χ4n) is 2.42. The molecule has 2 atom stereocenters. The highest BCUT2D eigenvalue weighted by Gasteiger charge is 2.51. The van der Waals surface area contributed by atoms with Crippen molar-refractivity contribution in [2.75, 3.05) is 13.7 Å². The molecule has 0 radical (unpaired) electrons. The van der Waals surface area contributed by atoms with Crippen LogP contribution in [0.2, 0.25) is 0 Å². The summed E-state index contributed by atoms with van der Waals surface area (Å²) in [4.78, 5) is 35.9.